The summed E-state index contributed by atoms with van der Waals surface area (Å²) in [4.78, 5) is 30.4. The Morgan fingerprint density at radius 3 is 2.26 bits per heavy atom. The quantitative estimate of drug-likeness (QED) is 0.492. The van der Waals surface area contributed by atoms with Gasteiger partial charge in [0.05, 0.1) is 0 Å². The molecule has 0 aliphatic carbocycles. The Labute approximate surface area is 190 Å². The molecule has 3 aromatic carbocycles. The van der Waals surface area contributed by atoms with Crippen LogP contribution in [-0.4, -0.2) is 24.4 Å². The fourth-order valence-electron chi connectivity index (χ4n) is 3.95. The molecule has 4 rings (SSSR count). The van der Waals surface area contributed by atoms with Crippen LogP contribution in [0.15, 0.2) is 88.9 Å². The molecule has 1 fully saturated rings. The first-order chi connectivity index (χ1) is 15.0. The molecule has 0 spiro atoms. The van der Waals surface area contributed by atoms with Crippen LogP contribution in [0.5, 0.6) is 0 Å². The third-order valence-electron chi connectivity index (χ3n) is 5.46. The average molecular weight is 475 g/mol. The zero-order chi connectivity index (χ0) is 22.0. The van der Waals surface area contributed by atoms with E-state index in [4.69, 9.17) is 0 Å². The van der Waals surface area contributed by atoms with Gasteiger partial charge >= 0.3 is 0 Å². The molecule has 0 aromatic heterocycles. The van der Waals surface area contributed by atoms with Gasteiger partial charge in [0.2, 0.25) is 5.91 Å². The van der Waals surface area contributed by atoms with Crippen molar-refractivity contribution in [2.24, 2.45) is 0 Å². The van der Waals surface area contributed by atoms with Crippen molar-refractivity contribution in [1.82, 2.24) is 0 Å². The molecule has 0 unspecified atom stereocenters. The third-order valence-corrected chi connectivity index (χ3v) is 5.99. The maximum atomic E-state index is 13.8. The van der Waals surface area contributed by atoms with Gasteiger partial charge in [-0.1, -0.05) is 70.5 Å². The number of carbonyl (C=O) groups is 2. The summed E-state index contributed by atoms with van der Waals surface area (Å²) in [5.74, 6) is -0.225. The minimum atomic E-state index is -0.720. The molecule has 5 heteroatoms. The molecule has 4 nitrogen and oxygen atoms in total. The number of para-hydroxylation sites is 1. The predicted octanol–water partition coefficient (Wildman–Crippen LogP) is 5.61. The fourth-order valence-corrected chi connectivity index (χ4v) is 4.21. The lowest BCUT2D eigenvalue weighted by Crippen LogP contribution is -2.61. The van der Waals surface area contributed by atoms with E-state index in [0.717, 1.165) is 26.9 Å². The van der Waals surface area contributed by atoms with Crippen LogP contribution in [0.2, 0.25) is 0 Å². The number of amides is 2. The number of hydrogen-bond donors (Lipinski definition) is 0. The van der Waals surface area contributed by atoms with Crippen LogP contribution >= 0.6 is 15.9 Å². The Bertz CT molecular complexity index is 1140. The monoisotopic (exact) mass is 474 g/mol. The molecule has 1 saturated heterocycles. The van der Waals surface area contributed by atoms with E-state index in [2.05, 4.69) is 15.9 Å². The summed E-state index contributed by atoms with van der Waals surface area (Å²) in [6, 6.07) is 24.3. The molecular formula is C26H23BrN2O2. The summed E-state index contributed by atoms with van der Waals surface area (Å²) in [6.07, 6.45) is 1.98. The SMILES string of the molecule is C/C(=C\c1ccccc1)[C@H]1C(=O)N(c2ccccc2C)CC(=O)N1c1ccc(Br)cc1. The van der Waals surface area contributed by atoms with E-state index in [9.17, 15) is 9.59 Å². The van der Waals surface area contributed by atoms with Crippen molar-refractivity contribution >= 4 is 45.2 Å². The molecule has 156 valence electrons. The van der Waals surface area contributed by atoms with Crippen molar-refractivity contribution < 1.29 is 9.59 Å². The van der Waals surface area contributed by atoms with Gasteiger partial charge in [-0.2, -0.15) is 0 Å². The van der Waals surface area contributed by atoms with Crippen LogP contribution < -0.4 is 9.80 Å². The number of carbonyl (C=O) groups excluding carboxylic acids is 2. The van der Waals surface area contributed by atoms with Gasteiger partial charge < -0.3 is 4.90 Å². The van der Waals surface area contributed by atoms with E-state index in [0.29, 0.717) is 5.69 Å². The second kappa shape index (κ2) is 8.90. The lowest BCUT2D eigenvalue weighted by atomic mass is 9.98. The van der Waals surface area contributed by atoms with E-state index in [1.807, 2.05) is 98.8 Å². The van der Waals surface area contributed by atoms with Gasteiger partial charge in [-0.3, -0.25) is 14.5 Å². The standard InChI is InChI=1S/C26H23BrN2O2/c1-18-8-6-7-11-23(18)28-17-24(30)29(22-14-12-21(27)13-15-22)25(26(28)31)19(2)16-20-9-4-3-5-10-20/h3-16,25H,17H2,1-2H3/b19-16+/t25-/m0/s1. The largest absolute Gasteiger partial charge is 0.301 e. The van der Waals surface area contributed by atoms with Gasteiger partial charge in [-0.25, -0.2) is 0 Å². The molecule has 0 saturated carbocycles. The second-order valence-corrected chi connectivity index (χ2v) is 8.57. The third kappa shape index (κ3) is 4.32. The van der Waals surface area contributed by atoms with Gasteiger partial charge in [0, 0.05) is 15.8 Å². The predicted molar refractivity (Wildman–Crippen MR) is 129 cm³/mol. The lowest BCUT2D eigenvalue weighted by molar-refractivity contribution is -0.127. The summed E-state index contributed by atoms with van der Waals surface area (Å²) in [6.45, 7) is 3.88. The summed E-state index contributed by atoms with van der Waals surface area (Å²) < 4.78 is 0.918. The van der Waals surface area contributed by atoms with Gasteiger partial charge in [-0.15, -0.1) is 0 Å². The van der Waals surface area contributed by atoms with Crippen LogP contribution in [0.25, 0.3) is 6.08 Å². The highest BCUT2D eigenvalue weighted by Gasteiger charge is 2.42. The number of hydrogen-bond acceptors (Lipinski definition) is 2. The van der Waals surface area contributed by atoms with Crippen molar-refractivity contribution in [2.45, 2.75) is 19.9 Å². The van der Waals surface area contributed by atoms with E-state index in [-0.39, 0.29) is 18.4 Å². The van der Waals surface area contributed by atoms with E-state index in [1.165, 1.54) is 0 Å². The summed E-state index contributed by atoms with van der Waals surface area (Å²) in [5.41, 5.74) is 4.24. The number of nitrogens with zero attached hydrogens (tertiary/aromatic N) is 2. The molecule has 1 aliphatic heterocycles. The topological polar surface area (TPSA) is 40.6 Å². The molecule has 1 heterocycles. The Morgan fingerprint density at radius 1 is 0.935 bits per heavy atom. The molecule has 0 bridgehead atoms. The van der Waals surface area contributed by atoms with Crippen LogP contribution in [0, 0.1) is 6.92 Å². The van der Waals surface area contributed by atoms with Crippen LogP contribution in [-0.2, 0) is 9.59 Å². The number of halogens is 1. The molecule has 0 N–H and O–H groups in total. The highest BCUT2D eigenvalue weighted by Crippen LogP contribution is 2.31. The Kier molecular flexibility index (Phi) is 6.05. The van der Waals surface area contributed by atoms with E-state index in [1.54, 1.807) is 9.80 Å². The number of piperazine rings is 1. The fraction of sp³-hybridized carbons (Fsp3) is 0.154. The normalized spacial score (nSPS) is 17.3. The van der Waals surface area contributed by atoms with Crippen molar-refractivity contribution in [3.8, 4) is 0 Å². The van der Waals surface area contributed by atoms with Gasteiger partial charge in [0.25, 0.3) is 5.91 Å². The molecule has 3 aromatic rings. The Balaban J connectivity index is 1.81. The zero-order valence-corrected chi connectivity index (χ0v) is 19.0. The second-order valence-electron chi connectivity index (χ2n) is 7.65. The molecule has 31 heavy (non-hydrogen) atoms. The maximum Gasteiger partial charge on any atom is 0.254 e. The van der Waals surface area contributed by atoms with Crippen molar-refractivity contribution in [3.63, 3.8) is 0 Å². The minimum absolute atomic E-state index is 0.00880. The first kappa shape index (κ1) is 21.1. The number of benzene rings is 3. The van der Waals surface area contributed by atoms with Crippen molar-refractivity contribution in [3.05, 3.63) is 100 Å². The Morgan fingerprint density at radius 2 is 1.58 bits per heavy atom. The molecule has 1 atom stereocenters. The molecule has 1 aliphatic rings. The lowest BCUT2D eigenvalue weighted by Gasteiger charge is -2.41. The summed E-state index contributed by atoms with van der Waals surface area (Å²) >= 11 is 3.44. The number of anilines is 2. The van der Waals surface area contributed by atoms with Crippen LogP contribution in [0.4, 0.5) is 11.4 Å². The average Bonchev–Trinajstić information content (AvgIpc) is 2.77. The zero-order valence-electron chi connectivity index (χ0n) is 17.5. The first-order valence-corrected chi connectivity index (χ1v) is 10.9. The number of rotatable bonds is 4. The van der Waals surface area contributed by atoms with Crippen molar-refractivity contribution in [1.29, 1.82) is 0 Å². The van der Waals surface area contributed by atoms with Crippen LogP contribution in [0.1, 0.15) is 18.1 Å². The summed E-state index contributed by atoms with van der Waals surface area (Å²) in [5, 5.41) is 0. The first-order valence-electron chi connectivity index (χ1n) is 10.1. The maximum absolute atomic E-state index is 13.8. The molecule has 0 radical (unpaired) electrons. The molecular weight excluding hydrogens is 452 g/mol. The van der Waals surface area contributed by atoms with Crippen LogP contribution in [0.3, 0.4) is 0 Å². The highest BCUT2D eigenvalue weighted by molar-refractivity contribution is 9.10. The summed E-state index contributed by atoms with van der Waals surface area (Å²) in [7, 11) is 0. The van der Waals surface area contributed by atoms with Gasteiger partial charge in [0.1, 0.15) is 12.6 Å². The van der Waals surface area contributed by atoms with Crippen molar-refractivity contribution in [2.75, 3.05) is 16.3 Å². The van der Waals surface area contributed by atoms with E-state index < -0.39 is 6.04 Å². The highest BCUT2D eigenvalue weighted by atomic mass is 79.9. The smallest absolute Gasteiger partial charge is 0.254 e. The van der Waals surface area contributed by atoms with E-state index >= 15 is 0 Å². The van der Waals surface area contributed by atoms with Gasteiger partial charge in [-0.05, 0) is 60.9 Å². The molecule has 2 amide bonds. The Hall–Kier alpha value is -3.18. The minimum Gasteiger partial charge on any atom is -0.301 e. The van der Waals surface area contributed by atoms with Gasteiger partial charge in [0.15, 0.2) is 0 Å². The number of aryl methyl sites for hydroxylation is 1.